The van der Waals surface area contributed by atoms with Crippen molar-refractivity contribution in [3.8, 4) is 0 Å². The Balaban J connectivity index is 1.84. The first-order valence-electron chi connectivity index (χ1n) is 6.03. The van der Waals surface area contributed by atoms with E-state index in [2.05, 4.69) is 14.9 Å². The zero-order chi connectivity index (χ0) is 12.4. The SMILES string of the molecule is O=CN1CCN(c2cnc3ccccc3n2)CC1. The number of carbonyl (C=O) groups excluding carboxylic acids is 1. The number of benzene rings is 1. The lowest BCUT2D eigenvalue weighted by Crippen LogP contribution is -2.46. The van der Waals surface area contributed by atoms with Crippen molar-refractivity contribution in [2.24, 2.45) is 0 Å². The van der Waals surface area contributed by atoms with Gasteiger partial charge in [-0.2, -0.15) is 0 Å². The highest BCUT2D eigenvalue weighted by Gasteiger charge is 2.16. The first-order valence-corrected chi connectivity index (χ1v) is 6.03. The second kappa shape index (κ2) is 4.60. The van der Waals surface area contributed by atoms with Gasteiger partial charge in [0.1, 0.15) is 5.82 Å². The Morgan fingerprint density at radius 1 is 1.06 bits per heavy atom. The molecule has 0 saturated carbocycles. The predicted octanol–water partition coefficient (Wildman–Crippen LogP) is 0.908. The van der Waals surface area contributed by atoms with Crippen molar-refractivity contribution < 1.29 is 4.79 Å². The summed E-state index contributed by atoms with van der Waals surface area (Å²) in [6.45, 7) is 3.12. The fraction of sp³-hybridized carbons (Fsp3) is 0.308. The van der Waals surface area contributed by atoms with Gasteiger partial charge in [-0.1, -0.05) is 12.1 Å². The molecule has 0 spiro atoms. The van der Waals surface area contributed by atoms with Crippen LogP contribution in [0.1, 0.15) is 0 Å². The van der Waals surface area contributed by atoms with E-state index in [0.29, 0.717) is 0 Å². The average Bonchev–Trinajstić information content (AvgIpc) is 2.47. The normalized spacial score (nSPS) is 16.0. The van der Waals surface area contributed by atoms with Crippen LogP contribution in [0.4, 0.5) is 5.82 Å². The van der Waals surface area contributed by atoms with Gasteiger partial charge in [-0.05, 0) is 12.1 Å². The largest absolute Gasteiger partial charge is 0.352 e. The number of hydrogen-bond donors (Lipinski definition) is 0. The van der Waals surface area contributed by atoms with Crippen molar-refractivity contribution >= 4 is 23.3 Å². The lowest BCUT2D eigenvalue weighted by atomic mass is 10.3. The number of amides is 1. The van der Waals surface area contributed by atoms with Crippen LogP contribution in [0.3, 0.4) is 0 Å². The van der Waals surface area contributed by atoms with Crippen molar-refractivity contribution in [3.63, 3.8) is 0 Å². The van der Waals surface area contributed by atoms with Gasteiger partial charge in [0.25, 0.3) is 0 Å². The first kappa shape index (κ1) is 11.0. The van der Waals surface area contributed by atoms with Crippen LogP contribution >= 0.6 is 0 Å². The highest BCUT2D eigenvalue weighted by molar-refractivity contribution is 5.75. The molecule has 5 heteroatoms. The smallest absolute Gasteiger partial charge is 0.209 e. The maximum Gasteiger partial charge on any atom is 0.209 e. The molecule has 0 unspecified atom stereocenters. The lowest BCUT2D eigenvalue weighted by Gasteiger charge is -2.33. The average molecular weight is 242 g/mol. The van der Waals surface area contributed by atoms with Crippen molar-refractivity contribution in [1.29, 1.82) is 0 Å². The Kier molecular flexibility index (Phi) is 2.80. The van der Waals surface area contributed by atoms with Crippen LogP contribution in [-0.4, -0.2) is 47.5 Å². The van der Waals surface area contributed by atoms with E-state index in [0.717, 1.165) is 49.4 Å². The molecule has 0 aliphatic carbocycles. The summed E-state index contributed by atoms with van der Waals surface area (Å²) in [6.07, 6.45) is 2.71. The minimum Gasteiger partial charge on any atom is -0.352 e. The Morgan fingerprint density at radius 3 is 2.50 bits per heavy atom. The van der Waals surface area contributed by atoms with E-state index in [1.807, 2.05) is 24.3 Å². The summed E-state index contributed by atoms with van der Waals surface area (Å²) in [5.41, 5.74) is 1.82. The molecule has 1 fully saturated rings. The summed E-state index contributed by atoms with van der Waals surface area (Å²) in [5, 5.41) is 0. The highest BCUT2D eigenvalue weighted by Crippen LogP contribution is 2.16. The number of hydrogen-bond acceptors (Lipinski definition) is 4. The summed E-state index contributed by atoms with van der Waals surface area (Å²) in [7, 11) is 0. The minimum absolute atomic E-state index is 0.748. The monoisotopic (exact) mass is 242 g/mol. The molecule has 1 aromatic heterocycles. The van der Waals surface area contributed by atoms with Crippen molar-refractivity contribution in [1.82, 2.24) is 14.9 Å². The third-order valence-electron chi connectivity index (χ3n) is 3.22. The molecule has 2 heterocycles. The second-order valence-electron chi connectivity index (χ2n) is 4.35. The standard InChI is InChI=1S/C13H14N4O/c18-10-16-5-7-17(8-6-16)13-9-14-11-3-1-2-4-12(11)15-13/h1-4,9-10H,5-8H2. The van der Waals surface area contributed by atoms with Crippen molar-refractivity contribution in [3.05, 3.63) is 30.5 Å². The summed E-state index contributed by atoms with van der Waals surface area (Å²) in [5.74, 6) is 0.888. The lowest BCUT2D eigenvalue weighted by molar-refractivity contribution is -0.118. The number of rotatable bonds is 2. The van der Waals surface area contributed by atoms with Crippen LogP contribution in [0.25, 0.3) is 11.0 Å². The number of anilines is 1. The van der Waals surface area contributed by atoms with E-state index in [1.165, 1.54) is 0 Å². The van der Waals surface area contributed by atoms with Gasteiger partial charge in [0.15, 0.2) is 0 Å². The molecule has 0 bridgehead atoms. The van der Waals surface area contributed by atoms with Crippen LogP contribution < -0.4 is 4.90 Å². The molecule has 1 aliphatic rings. The first-order chi connectivity index (χ1) is 8.86. The molecule has 0 radical (unpaired) electrons. The van der Waals surface area contributed by atoms with Gasteiger partial charge in [0.2, 0.25) is 6.41 Å². The van der Waals surface area contributed by atoms with E-state index < -0.39 is 0 Å². The molecule has 1 amide bonds. The van der Waals surface area contributed by atoms with Crippen molar-refractivity contribution in [2.75, 3.05) is 31.1 Å². The second-order valence-corrected chi connectivity index (χ2v) is 4.35. The Morgan fingerprint density at radius 2 is 1.78 bits per heavy atom. The zero-order valence-electron chi connectivity index (χ0n) is 9.99. The van der Waals surface area contributed by atoms with Gasteiger partial charge in [0.05, 0.1) is 17.2 Å². The van der Waals surface area contributed by atoms with Gasteiger partial charge in [-0.3, -0.25) is 9.78 Å². The minimum atomic E-state index is 0.748. The summed E-state index contributed by atoms with van der Waals surface area (Å²) < 4.78 is 0. The van der Waals surface area contributed by atoms with Crippen LogP contribution in [0, 0.1) is 0 Å². The highest BCUT2D eigenvalue weighted by atomic mass is 16.1. The van der Waals surface area contributed by atoms with E-state index in [9.17, 15) is 4.79 Å². The number of carbonyl (C=O) groups is 1. The maximum atomic E-state index is 10.7. The number of fused-ring (bicyclic) bond motifs is 1. The van der Waals surface area contributed by atoms with Crippen LogP contribution in [0.2, 0.25) is 0 Å². The topological polar surface area (TPSA) is 49.3 Å². The van der Waals surface area contributed by atoms with E-state index in [-0.39, 0.29) is 0 Å². The summed E-state index contributed by atoms with van der Waals surface area (Å²) in [4.78, 5) is 23.6. The molecule has 1 saturated heterocycles. The molecule has 5 nitrogen and oxygen atoms in total. The molecule has 1 aromatic carbocycles. The fourth-order valence-electron chi connectivity index (χ4n) is 2.16. The Bertz CT molecular complexity index is 564. The van der Waals surface area contributed by atoms with Gasteiger partial charge < -0.3 is 9.80 Å². The molecular weight excluding hydrogens is 228 g/mol. The van der Waals surface area contributed by atoms with Crippen LogP contribution in [0.15, 0.2) is 30.5 Å². The third-order valence-corrected chi connectivity index (χ3v) is 3.22. The number of nitrogens with zero attached hydrogens (tertiary/aromatic N) is 4. The fourth-order valence-corrected chi connectivity index (χ4v) is 2.16. The number of piperazine rings is 1. The molecule has 0 atom stereocenters. The number of para-hydroxylation sites is 2. The molecule has 18 heavy (non-hydrogen) atoms. The zero-order valence-corrected chi connectivity index (χ0v) is 9.99. The maximum absolute atomic E-state index is 10.7. The molecule has 2 aromatic rings. The molecule has 3 rings (SSSR count). The van der Waals surface area contributed by atoms with Crippen molar-refractivity contribution in [2.45, 2.75) is 0 Å². The molecule has 1 aliphatic heterocycles. The van der Waals surface area contributed by atoms with Crippen LogP contribution in [0.5, 0.6) is 0 Å². The molecular formula is C13H14N4O. The van der Waals surface area contributed by atoms with E-state index in [1.54, 1.807) is 11.1 Å². The summed E-state index contributed by atoms with van der Waals surface area (Å²) >= 11 is 0. The summed E-state index contributed by atoms with van der Waals surface area (Å²) in [6, 6.07) is 7.84. The number of aromatic nitrogens is 2. The van der Waals surface area contributed by atoms with Gasteiger partial charge >= 0.3 is 0 Å². The van der Waals surface area contributed by atoms with Crippen LogP contribution in [-0.2, 0) is 4.79 Å². The Hall–Kier alpha value is -2.17. The Labute approximate surface area is 105 Å². The van der Waals surface area contributed by atoms with Gasteiger partial charge in [-0.25, -0.2) is 4.98 Å². The molecule has 92 valence electrons. The van der Waals surface area contributed by atoms with Gasteiger partial charge in [-0.15, -0.1) is 0 Å². The predicted molar refractivity (Wildman–Crippen MR) is 69.4 cm³/mol. The quantitative estimate of drug-likeness (QED) is 0.734. The van der Waals surface area contributed by atoms with E-state index in [4.69, 9.17) is 0 Å². The molecule has 0 N–H and O–H groups in total. The third kappa shape index (κ3) is 1.99. The van der Waals surface area contributed by atoms with Gasteiger partial charge in [0, 0.05) is 26.2 Å². The van der Waals surface area contributed by atoms with E-state index >= 15 is 0 Å².